The van der Waals surface area contributed by atoms with Gasteiger partial charge in [-0.05, 0) is 49.8 Å². The highest BCUT2D eigenvalue weighted by molar-refractivity contribution is 7.91. The van der Waals surface area contributed by atoms with Gasteiger partial charge in [-0.25, -0.2) is 8.42 Å². The molecule has 8 heteroatoms. The number of carbonyl (C=O) groups is 2. The highest BCUT2D eigenvalue weighted by Crippen LogP contribution is 2.40. The molecule has 4 rings (SSSR count). The molecule has 0 radical (unpaired) electrons. The molecule has 2 aromatic rings. The molecule has 4 atom stereocenters. The highest BCUT2D eigenvalue weighted by Gasteiger charge is 2.46. The first-order chi connectivity index (χ1) is 17.8. The van der Waals surface area contributed by atoms with Gasteiger partial charge < -0.3 is 14.4 Å². The van der Waals surface area contributed by atoms with E-state index in [2.05, 4.69) is 0 Å². The van der Waals surface area contributed by atoms with E-state index in [9.17, 15) is 18.0 Å². The standard InChI is InChI=1S/C29H37NO6S/c1-22(31)36-28(18-19-35-21-23-9-4-2-5-10-23)26-16-14-24-15-17-29(32)30(24)27(26)13-8-20-37(33,34)25-11-6-3-7-12-25/h2-7,9-12,24,26-28H,8,13-21H2,1H3/t24-,26+,27+,28-/m0/s1. The van der Waals surface area contributed by atoms with Crippen molar-refractivity contribution in [3.8, 4) is 0 Å². The topological polar surface area (TPSA) is 90.0 Å². The zero-order chi connectivity index (χ0) is 26.3. The Morgan fingerprint density at radius 1 is 1.03 bits per heavy atom. The van der Waals surface area contributed by atoms with Crippen LogP contribution in [0.5, 0.6) is 0 Å². The van der Waals surface area contributed by atoms with Crippen LogP contribution in [0.25, 0.3) is 0 Å². The Morgan fingerprint density at radius 3 is 2.43 bits per heavy atom. The van der Waals surface area contributed by atoms with Crippen LogP contribution in [0.3, 0.4) is 0 Å². The second kappa shape index (κ2) is 12.7. The van der Waals surface area contributed by atoms with Gasteiger partial charge in [0.15, 0.2) is 9.84 Å². The summed E-state index contributed by atoms with van der Waals surface area (Å²) in [5, 5.41) is 0. The lowest BCUT2D eigenvalue weighted by Crippen LogP contribution is -2.53. The lowest BCUT2D eigenvalue weighted by Gasteiger charge is -2.46. The molecular formula is C29H37NO6S. The zero-order valence-electron chi connectivity index (χ0n) is 21.5. The number of amides is 1. The summed E-state index contributed by atoms with van der Waals surface area (Å²) in [5.74, 6) is -0.270. The maximum atomic E-state index is 12.9. The van der Waals surface area contributed by atoms with E-state index < -0.39 is 15.9 Å². The SMILES string of the molecule is CC(=O)O[C@@H](CCOCc1ccccc1)[C@@H]1CC[C@H]2CCC(=O)N2[C@@H]1CCCS(=O)(=O)c1ccccc1. The molecule has 2 saturated heterocycles. The largest absolute Gasteiger partial charge is 0.462 e. The van der Waals surface area contributed by atoms with Crippen molar-refractivity contribution >= 4 is 21.7 Å². The molecule has 0 bridgehead atoms. The second-order valence-electron chi connectivity index (χ2n) is 10.1. The van der Waals surface area contributed by atoms with E-state index in [4.69, 9.17) is 9.47 Å². The second-order valence-corrected chi connectivity index (χ2v) is 12.2. The van der Waals surface area contributed by atoms with Gasteiger partial charge in [0.25, 0.3) is 0 Å². The van der Waals surface area contributed by atoms with Crippen LogP contribution < -0.4 is 0 Å². The normalized spacial score (nSPS) is 22.5. The number of hydrogen-bond donors (Lipinski definition) is 0. The number of fused-ring (bicyclic) bond motifs is 1. The van der Waals surface area contributed by atoms with Crippen LogP contribution in [0, 0.1) is 5.92 Å². The van der Waals surface area contributed by atoms with Crippen molar-refractivity contribution < 1.29 is 27.5 Å². The molecule has 0 unspecified atom stereocenters. The van der Waals surface area contributed by atoms with Gasteiger partial charge >= 0.3 is 5.97 Å². The maximum absolute atomic E-state index is 12.9. The number of nitrogens with zero attached hydrogens (tertiary/aromatic N) is 1. The van der Waals surface area contributed by atoms with E-state index in [1.165, 1.54) is 6.92 Å². The molecule has 2 aliphatic rings. The molecular weight excluding hydrogens is 490 g/mol. The Labute approximate surface area is 220 Å². The van der Waals surface area contributed by atoms with E-state index in [1.54, 1.807) is 30.3 Å². The molecule has 2 aliphatic heterocycles. The van der Waals surface area contributed by atoms with Crippen molar-refractivity contribution in [3.05, 3.63) is 66.2 Å². The average Bonchev–Trinajstić information content (AvgIpc) is 3.28. The Bertz CT molecular complexity index is 1140. The molecule has 0 aliphatic carbocycles. The lowest BCUT2D eigenvalue weighted by atomic mass is 9.79. The van der Waals surface area contributed by atoms with Gasteiger partial charge in [-0.2, -0.15) is 0 Å². The third kappa shape index (κ3) is 7.20. The molecule has 1 amide bonds. The molecule has 0 N–H and O–H groups in total. The quantitative estimate of drug-likeness (QED) is 0.297. The van der Waals surface area contributed by atoms with Gasteiger partial charge in [0.05, 0.1) is 23.9 Å². The highest BCUT2D eigenvalue weighted by atomic mass is 32.2. The number of ether oxygens (including phenoxy) is 2. The van der Waals surface area contributed by atoms with E-state index in [0.717, 1.165) is 24.8 Å². The van der Waals surface area contributed by atoms with E-state index in [0.29, 0.717) is 43.8 Å². The van der Waals surface area contributed by atoms with Crippen molar-refractivity contribution in [2.24, 2.45) is 5.92 Å². The molecule has 7 nitrogen and oxygen atoms in total. The fourth-order valence-electron chi connectivity index (χ4n) is 5.84. The maximum Gasteiger partial charge on any atom is 0.302 e. The molecule has 0 saturated carbocycles. The third-order valence-electron chi connectivity index (χ3n) is 7.53. The van der Waals surface area contributed by atoms with Crippen LogP contribution in [0.2, 0.25) is 0 Å². The number of sulfone groups is 1. The minimum absolute atomic E-state index is 0.0192. The molecule has 37 heavy (non-hydrogen) atoms. The summed E-state index contributed by atoms with van der Waals surface area (Å²) in [6, 6.07) is 18.4. The minimum atomic E-state index is -3.41. The van der Waals surface area contributed by atoms with E-state index >= 15 is 0 Å². The van der Waals surface area contributed by atoms with Crippen LogP contribution in [0.4, 0.5) is 0 Å². The summed E-state index contributed by atoms with van der Waals surface area (Å²) in [4.78, 5) is 27.2. The molecule has 2 fully saturated rings. The molecule has 200 valence electrons. The molecule has 0 spiro atoms. The fourth-order valence-corrected chi connectivity index (χ4v) is 7.19. The van der Waals surface area contributed by atoms with E-state index in [1.807, 2.05) is 35.2 Å². The van der Waals surface area contributed by atoms with Crippen molar-refractivity contribution in [3.63, 3.8) is 0 Å². The monoisotopic (exact) mass is 527 g/mol. The zero-order valence-corrected chi connectivity index (χ0v) is 22.3. The number of esters is 1. The first-order valence-corrected chi connectivity index (χ1v) is 14.9. The summed E-state index contributed by atoms with van der Waals surface area (Å²) in [6.45, 7) is 2.31. The predicted molar refractivity (Wildman–Crippen MR) is 140 cm³/mol. The summed E-state index contributed by atoms with van der Waals surface area (Å²) in [5.41, 5.74) is 1.08. The van der Waals surface area contributed by atoms with Crippen LogP contribution >= 0.6 is 0 Å². The predicted octanol–water partition coefficient (Wildman–Crippen LogP) is 4.55. The van der Waals surface area contributed by atoms with Gasteiger partial charge in [0, 0.05) is 37.8 Å². The lowest BCUT2D eigenvalue weighted by molar-refractivity contribution is -0.155. The third-order valence-corrected chi connectivity index (χ3v) is 9.34. The van der Waals surface area contributed by atoms with E-state index in [-0.39, 0.29) is 35.6 Å². The van der Waals surface area contributed by atoms with Gasteiger partial charge in [0.2, 0.25) is 5.91 Å². The van der Waals surface area contributed by atoms with Gasteiger partial charge in [0.1, 0.15) is 6.10 Å². The Kier molecular flexibility index (Phi) is 9.38. The molecule has 2 heterocycles. The number of piperidine rings is 1. The number of hydrogen-bond acceptors (Lipinski definition) is 6. The van der Waals surface area contributed by atoms with Crippen LogP contribution in [-0.4, -0.2) is 55.7 Å². The molecule has 2 aromatic carbocycles. The van der Waals surface area contributed by atoms with Crippen molar-refractivity contribution in [1.29, 1.82) is 0 Å². The van der Waals surface area contributed by atoms with Crippen LogP contribution in [-0.2, 0) is 35.5 Å². The summed E-state index contributed by atoms with van der Waals surface area (Å²) in [7, 11) is -3.41. The van der Waals surface area contributed by atoms with Gasteiger partial charge in [-0.15, -0.1) is 0 Å². The van der Waals surface area contributed by atoms with Crippen LogP contribution in [0.1, 0.15) is 57.4 Å². The summed E-state index contributed by atoms with van der Waals surface area (Å²) >= 11 is 0. The van der Waals surface area contributed by atoms with Crippen molar-refractivity contribution in [1.82, 2.24) is 4.90 Å². The van der Waals surface area contributed by atoms with Crippen molar-refractivity contribution in [2.45, 2.75) is 81.6 Å². The number of rotatable bonds is 12. The average molecular weight is 528 g/mol. The first-order valence-electron chi connectivity index (χ1n) is 13.2. The summed E-state index contributed by atoms with van der Waals surface area (Å²) in [6.07, 6.45) is 4.20. The van der Waals surface area contributed by atoms with Gasteiger partial charge in [-0.3, -0.25) is 9.59 Å². The summed E-state index contributed by atoms with van der Waals surface area (Å²) < 4.78 is 37.4. The van der Waals surface area contributed by atoms with Crippen molar-refractivity contribution in [2.75, 3.05) is 12.4 Å². The molecule has 0 aromatic heterocycles. The Balaban J connectivity index is 1.44. The van der Waals surface area contributed by atoms with Crippen LogP contribution in [0.15, 0.2) is 65.6 Å². The first kappa shape index (κ1) is 27.3. The Hall–Kier alpha value is -2.71. The fraction of sp³-hybridized carbons (Fsp3) is 0.517. The number of benzene rings is 2. The number of carbonyl (C=O) groups excluding carboxylic acids is 2. The minimum Gasteiger partial charge on any atom is -0.462 e. The Morgan fingerprint density at radius 2 is 1.73 bits per heavy atom. The smallest absolute Gasteiger partial charge is 0.302 e. The van der Waals surface area contributed by atoms with Gasteiger partial charge in [-0.1, -0.05) is 48.5 Å².